The van der Waals surface area contributed by atoms with E-state index in [1.165, 1.54) is 31.7 Å². The maximum atomic E-state index is 13.7. The summed E-state index contributed by atoms with van der Waals surface area (Å²) < 4.78 is 19.2. The highest BCUT2D eigenvalue weighted by atomic mass is 19.1. The molecule has 1 aliphatic rings. The molecular formula is C15H21FO2. The number of halogens is 1. The lowest BCUT2D eigenvalue weighted by Gasteiger charge is -2.12. The van der Waals surface area contributed by atoms with Gasteiger partial charge in [-0.3, -0.25) is 0 Å². The zero-order chi connectivity index (χ0) is 13.0. The molecule has 0 bridgehead atoms. The van der Waals surface area contributed by atoms with Crippen LogP contribution in [0.1, 0.15) is 50.7 Å². The number of ether oxygens (including phenoxy) is 1. The molecule has 0 amide bonds. The standard InChI is InChI=1S/C15H21FO2/c1-11(17)13-6-7-15(14(16)10-13)18-9-8-12-4-2-3-5-12/h6-7,10-12,17H,2-5,8-9H2,1H3/t11-/m0/s1. The van der Waals surface area contributed by atoms with Crippen LogP contribution in [-0.4, -0.2) is 11.7 Å². The zero-order valence-corrected chi connectivity index (χ0v) is 10.9. The van der Waals surface area contributed by atoms with Gasteiger partial charge in [0.25, 0.3) is 0 Å². The summed E-state index contributed by atoms with van der Waals surface area (Å²) in [5, 5.41) is 9.35. The van der Waals surface area contributed by atoms with Gasteiger partial charge < -0.3 is 9.84 Å². The minimum atomic E-state index is -0.646. The van der Waals surface area contributed by atoms with Crippen molar-refractivity contribution in [3.05, 3.63) is 29.6 Å². The van der Waals surface area contributed by atoms with Gasteiger partial charge in [0.15, 0.2) is 11.6 Å². The average Bonchev–Trinajstić information content (AvgIpc) is 2.84. The monoisotopic (exact) mass is 252 g/mol. The summed E-state index contributed by atoms with van der Waals surface area (Å²) >= 11 is 0. The Labute approximate surface area is 108 Å². The molecule has 18 heavy (non-hydrogen) atoms. The Morgan fingerprint density at radius 1 is 1.39 bits per heavy atom. The molecule has 1 aromatic rings. The molecule has 0 saturated heterocycles. The molecule has 3 heteroatoms. The van der Waals surface area contributed by atoms with Crippen LogP contribution in [0, 0.1) is 11.7 Å². The van der Waals surface area contributed by atoms with Crippen LogP contribution in [0.4, 0.5) is 4.39 Å². The van der Waals surface area contributed by atoms with Gasteiger partial charge in [-0.1, -0.05) is 31.7 Å². The molecule has 0 aromatic heterocycles. The largest absolute Gasteiger partial charge is 0.491 e. The summed E-state index contributed by atoms with van der Waals surface area (Å²) in [7, 11) is 0. The third-order valence-corrected chi connectivity index (χ3v) is 3.70. The number of rotatable bonds is 5. The van der Waals surface area contributed by atoms with Crippen LogP contribution in [0.2, 0.25) is 0 Å². The second-order valence-electron chi connectivity index (χ2n) is 5.15. The molecule has 0 heterocycles. The third kappa shape index (κ3) is 3.45. The first-order chi connectivity index (χ1) is 8.66. The van der Waals surface area contributed by atoms with Gasteiger partial charge >= 0.3 is 0 Å². The Balaban J connectivity index is 1.85. The smallest absolute Gasteiger partial charge is 0.165 e. The van der Waals surface area contributed by atoms with Crippen molar-refractivity contribution in [2.75, 3.05) is 6.61 Å². The summed E-state index contributed by atoms with van der Waals surface area (Å²) in [6, 6.07) is 4.65. The van der Waals surface area contributed by atoms with E-state index in [-0.39, 0.29) is 11.6 Å². The van der Waals surface area contributed by atoms with Gasteiger partial charge in [-0.2, -0.15) is 0 Å². The van der Waals surface area contributed by atoms with E-state index in [4.69, 9.17) is 4.74 Å². The Morgan fingerprint density at radius 2 is 2.11 bits per heavy atom. The second kappa shape index (κ2) is 6.19. The molecule has 1 aromatic carbocycles. The van der Waals surface area contributed by atoms with Crippen molar-refractivity contribution < 1.29 is 14.2 Å². The minimum absolute atomic E-state index is 0.289. The van der Waals surface area contributed by atoms with Crippen LogP contribution in [0.3, 0.4) is 0 Å². The first-order valence-corrected chi connectivity index (χ1v) is 6.77. The fraction of sp³-hybridized carbons (Fsp3) is 0.600. The molecule has 1 atom stereocenters. The van der Waals surface area contributed by atoms with Gasteiger partial charge in [-0.15, -0.1) is 0 Å². The highest BCUT2D eigenvalue weighted by molar-refractivity contribution is 5.30. The molecule has 1 N–H and O–H groups in total. The molecule has 1 saturated carbocycles. The van der Waals surface area contributed by atoms with E-state index >= 15 is 0 Å². The zero-order valence-electron chi connectivity index (χ0n) is 10.9. The molecule has 0 radical (unpaired) electrons. The number of hydrogen-bond donors (Lipinski definition) is 1. The van der Waals surface area contributed by atoms with Crippen LogP contribution in [-0.2, 0) is 0 Å². The number of benzene rings is 1. The van der Waals surface area contributed by atoms with E-state index in [1.807, 2.05) is 0 Å². The van der Waals surface area contributed by atoms with E-state index in [2.05, 4.69) is 0 Å². The average molecular weight is 252 g/mol. The van der Waals surface area contributed by atoms with Crippen LogP contribution < -0.4 is 4.74 Å². The van der Waals surface area contributed by atoms with Crippen molar-refractivity contribution in [1.29, 1.82) is 0 Å². The first kappa shape index (κ1) is 13.3. The first-order valence-electron chi connectivity index (χ1n) is 6.77. The van der Waals surface area contributed by atoms with Gasteiger partial charge in [-0.25, -0.2) is 4.39 Å². The normalized spacial score (nSPS) is 17.9. The Morgan fingerprint density at radius 3 is 2.72 bits per heavy atom. The molecule has 2 rings (SSSR count). The van der Waals surface area contributed by atoms with Gasteiger partial charge in [-0.05, 0) is 37.0 Å². The molecular weight excluding hydrogens is 231 g/mol. The Hall–Kier alpha value is -1.09. The maximum absolute atomic E-state index is 13.7. The SMILES string of the molecule is C[C@H](O)c1ccc(OCCC2CCCC2)c(F)c1. The lowest BCUT2D eigenvalue weighted by atomic mass is 10.1. The summed E-state index contributed by atoms with van der Waals surface area (Å²) in [6.45, 7) is 2.20. The molecule has 1 fully saturated rings. The summed E-state index contributed by atoms with van der Waals surface area (Å²) in [5.74, 6) is 0.655. The molecule has 0 spiro atoms. The number of aliphatic hydroxyl groups is 1. The quantitative estimate of drug-likeness (QED) is 0.862. The van der Waals surface area contributed by atoms with Gasteiger partial charge in [0, 0.05) is 0 Å². The van der Waals surface area contributed by atoms with Gasteiger partial charge in [0.05, 0.1) is 12.7 Å². The van der Waals surface area contributed by atoms with Crippen LogP contribution in [0.25, 0.3) is 0 Å². The van der Waals surface area contributed by atoms with Crippen LogP contribution in [0.15, 0.2) is 18.2 Å². The third-order valence-electron chi connectivity index (χ3n) is 3.70. The molecule has 100 valence electrons. The van der Waals surface area contributed by atoms with Crippen molar-refractivity contribution in [3.8, 4) is 5.75 Å². The van der Waals surface area contributed by atoms with Gasteiger partial charge in [0.1, 0.15) is 0 Å². The van der Waals surface area contributed by atoms with Crippen molar-refractivity contribution >= 4 is 0 Å². The van der Waals surface area contributed by atoms with Crippen molar-refractivity contribution in [2.45, 2.75) is 45.1 Å². The molecule has 0 aliphatic heterocycles. The summed E-state index contributed by atoms with van der Waals surface area (Å²) in [6.07, 6.45) is 5.58. The fourth-order valence-corrected chi connectivity index (χ4v) is 2.53. The summed E-state index contributed by atoms with van der Waals surface area (Å²) in [5.41, 5.74) is 0.579. The van der Waals surface area contributed by atoms with E-state index in [9.17, 15) is 9.50 Å². The van der Waals surface area contributed by atoms with E-state index < -0.39 is 6.10 Å². The predicted molar refractivity (Wildman–Crippen MR) is 69.1 cm³/mol. The van der Waals surface area contributed by atoms with E-state index in [0.717, 1.165) is 12.3 Å². The Bertz CT molecular complexity index is 384. The summed E-state index contributed by atoms with van der Waals surface area (Å²) in [4.78, 5) is 0. The maximum Gasteiger partial charge on any atom is 0.165 e. The molecule has 0 unspecified atom stereocenters. The highest BCUT2D eigenvalue weighted by Crippen LogP contribution is 2.28. The number of hydrogen-bond acceptors (Lipinski definition) is 2. The predicted octanol–water partition coefficient (Wildman–Crippen LogP) is 3.84. The fourth-order valence-electron chi connectivity index (χ4n) is 2.53. The van der Waals surface area contributed by atoms with Gasteiger partial charge in [0.2, 0.25) is 0 Å². The van der Waals surface area contributed by atoms with Crippen LogP contribution >= 0.6 is 0 Å². The van der Waals surface area contributed by atoms with Crippen molar-refractivity contribution in [1.82, 2.24) is 0 Å². The molecule has 1 aliphatic carbocycles. The lowest BCUT2D eigenvalue weighted by Crippen LogP contribution is -2.05. The van der Waals surface area contributed by atoms with Crippen molar-refractivity contribution in [3.63, 3.8) is 0 Å². The Kier molecular flexibility index (Phi) is 4.59. The topological polar surface area (TPSA) is 29.5 Å². The van der Waals surface area contributed by atoms with Crippen LogP contribution in [0.5, 0.6) is 5.75 Å². The molecule has 2 nitrogen and oxygen atoms in total. The minimum Gasteiger partial charge on any atom is -0.491 e. The second-order valence-corrected chi connectivity index (χ2v) is 5.15. The van der Waals surface area contributed by atoms with Crippen molar-refractivity contribution in [2.24, 2.45) is 5.92 Å². The van der Waals surface area contributed by atoms with E-state index in [0.29, 0.717) is 12.2 Å². The van der Waals surface area contributed by atoms with E-state index in [1.54, 1.807) is 19.1 Å². The number of aliphatic hydroxyl groups excluding tert-OH is 1. The lowest BCUT2D eigenvalue weighted by molar-refractivity contribution is 0.198. The highest BCUT2D eigenvalue weighted by Gasteiger charge is 2.15.